The summed E-state index contributed by atoms with van der Waals surface area (Å²) in [5, 5.41) is 12.9. The fourth-order valence-electron chi connectivity index (χ4n) is 7.50. The minimum Gasteiger partial charge on any atom is -0.465 e. The third kappa shape index (κ3) is 7.81. The molecule has 3 amide bonds. The molecule has 276 valence electrons. The largest absolute Gasteiger partial charge is 0.465 e. The number of rotatable bonds is 9. The molecule has 4 unspecified atom stereocenters. The van der Waals surface area contributed by atoms with E-state index in [1.807, 2.05) is 32.0 Å². The van der Waals surface area contributed by atoms with Crippen LogP contribution in [0.2, 0.25) is 0 Å². The quantitative estimate of drug-likeness (QED) is 0.313. The van der Waals surface area contributed by atoms with Gasteiger partial charge in [0.1, 0.15) is 5.82 Å². The number of carbonyl (C=O) groups excluding carboxylic acids is 3. The van der Waals surface area contributed by atoms with Crippen LogP contribution in [0, 0.1) is 5.82 Å². The van der Waals surface area contributed by atoms with Crippen LogP contribution < -0.4 is 10.2 Å². The number of nitrogens with zero attached hydrogens (tertiary/aromatic N) is 4. The smallest absolute Gasteiger partial charge is 0.407 e. The molecule has 13 heteroatoms. The molecule has 2 saturated heterocycles. The Morgan fingerprint density at radius 1 is 0.962 bits per heavy atom. The molecule has 3 heterocycles. The molecule has 6 rings (SSSR count). The van der Waals surface area contributed by atoms with Crippen LogP contribution in [0.25, 0.3) is 0 Å². The fourth-order valence-corrected chi connectivity index (χ4v) is 7.50. The van der Waals surface area contributed by atoms with Gasteiger partial charge in [0, 0.05) is 62.2 Å². The Labute approximate surface area is 303 Å². The highest BCUT2D eigenvalue weighted by atomic mass is 19.1. The molecule has 3 aliphatic rings. The molecule has 0 aromatic heterocycles. The van der Waals surface area contributed by atoms with Gasteiger partial charge in [0.2, 0.25) is 11.8 Å². The zero-order chi connectivity index (χ0) is 37.2. The molecule has 2 N–H and O–H groups in total. The number of amides is 3. The Balaban J connectivity index is 1.28. The van der Waals surface area contributed by atoms with Crippen molar-refractivity contribution >= 4 is 35.3 Å². The topological polar surface area (TPSA) is 132 Å². The molecule has 0 saturated carbocycles. The average Bonchev–Trinajstić information content (AvgIpc) is 3.43. The van der Waals surface area contributed by atoms with Crippen LogP contribution >= 0.6 is 0 Å². The molecule has 4 atom stereocenters. The first-order valence-corrected chi connectivity index (χ1v) is 17.6. The van der Waals surface area contributed by atoms with Crippen LogP contribution in [0.4, 0.5) is 20.6 Å². The number of fused-ring (bicyclic) bond motifs is 1. The van der Waals surface area contributed by atoms with E-state index in [2.05, 4.69) is 22.0 Å². The summed E-state index contributed by atoms with van der Waals surface area (Å²) in [5.74, 6) is -1.32. The van der Waals surface area contributed by atoms with Gasteiger partial charge in [-0.25, -0.2) is 14.0 Å². The zero-order valence-electron chi connectivity index (χ0n) is 30.0. The second-order valence-electron chi connectivity index (χ2n) is 14.3. The number of ether oxygens (including phenoxy) is 2. The van der Waals surface area contributed by atoms with E-state index in [1.54, 1.807) is 41.3 Å². The van der Waals surface area contributed by atoms with Gasteiger partial charge in [0.15, 0.2) is 0 Å². The molecule has 0 radical (unpaired) electrons. The predicted octanol–water partition coefficient (Wildman–Crippen LogP) is 4.22. The predicted molar refractivity (Wildman–Crippen MR) is 193 cm³/mol. The molecule has 52 heavy (non-hydrogen) atoms. The van der Waals surface area contributed by atoms with Crippen molar-refractivity contribution in [1.82, 2.24) is 14.7 Å². The number of anilines is 2. The number of esters is 1. The Hall–Kier alpha value is -4.85. The summed E-state index contributed by atoms with van der Waals surface area (Å²) < 4.78 is 24.1. The second-order valence-corrected chi connectivity index (χ2v) is 14.3. The maximum Gasteiger partial charge on any atom is 0.407 e. The minimum absolute atomic E-state index is 0.0372. The minimum atomic E-state index is -1.13. The van der Waals surface area contributed by atoms with Gasteiger partial charge in [-0.1, -0.05) is 24.3 Å². The lowest BCUT2D eigenvalue weighted by Gasteiger charge is -2.47. The maximum atomic E-state index is 14.5. The molecular weight excluding hydrogens is 669 g/mol. The van der Waals surface area contributed by atoms with Crippen molar-refractivity contribution in [2.75, 3.05) is 69.8 Å². The molecule has 12 nitrogen and oxygen atoms in total. The summed E-state index contributed by atoms with van der Waals surface area (Å²) in [5.41, 5.74) is 2.83. The molecule has 2 fully saturated rings. The standard InChI is InChI=1S/C39H46FN5O7/c1-25-19-43(32(21-44(25)38(49)50)20-42-15-16-52-23-26(42)2)22-35(46)45-24-39(3,37(48)41-31-12-8-29(9-13-31)36(47)51-4)33-14-7-28(18-34(33)45)17-27-5-10-30(40)11-6-27/h5-14,18,25-26,32H,15-17,19-24H2,1-4H3,(H,41,48)(H,49,50). The summed E-state index contributed by atoms with van der Waals surface area (Å²) in [6.45, 7) is 9.00. The number of methoxy groups -OCH3 is 1. The molecule has 0 bridgehead atoms. The maximum absolute atomic E-state index is 14.5. The van der Waals surface area contributed by atoms with Gasteiger partial charge in [-0.05, 0) is 86.3 Å². The van der Waals surface area contributed by atoms with Crippen LogP contribution in [0.5, 0.6) is 0 Å². The lowest BCUT2D eigenvalue weighted by Crippen LogP contribution is -2.64. The first-order valence-electron chi connectivity index (χ1n) is 17.6. The summed E-state index contributed by atoms with van der Waals surface area (Å²) in [7, 11) is 1.30. The van der Waals surface area contributed by atoms with E-state index >= 15 is 0 Å². The van der Waals surface area contributed by atoms with Crippen molar-refractivity contribution < 1.29 is 38.1 Å². The van der Waals surface area contributed by atoms with Crippen LogP contribution in [-0.2, 0) is 30.9 Å². The van der Waals surface area contributed by atoms with E-state index in [0.29, 0.717) is 55.2 Å². The first-order chi connectivity index (χ1) is 24.9. The second kappa shape index (κ2) is 15.4. The van der Waals surface area contributed by atoms with Crippen LogP contribution in [0.1, 0.15) is 47.8 Å². The number of carboxylic acid groups (broad SMARTS) is 1. The number of carbonyl (C=O) groups is 4. The van der Waals surface area contributed by atoms with E-state index in [4.69, 9.17) is 9.47 Å². The Kier molecular flexibility index (Phi) is 10.9. The summed E-state index contributed by atoms with van der Waals surface area (Å²) in [6, 6.07) is 18.0. The van der Waals surface area contributed by atoms with Gasteiger partial charge in [-0.2, -0.15) is 0 Å². The van der Waals surface area contributed by atoms with Crippen LogP contribution in [0.15, 0.2) is 66.7 Å². The van der Waals surface area contributed by atoms with E-state index in [9.17, 15) is 28.7 Å². The van der Waals surface area contributed by atoms with E-state index in [1.165, 1.54) is 24.1 Å². The third-order valence-corrected chi connectivity index (χ3v) is 10.6. The van der Waals surface area contributed by atoms with Crippen LogP contribution in [0.3, 0.4) is 0 Å². The van der Waals surface area contributed by atoms with Crippen molar-refractivity contribution in [2.45, 2.75) is 50.7 Å². The highest BCUT2D eigenvalue weighted by molar-refractivity contribution is 6.07. The number of halogens is 1. The van der Waals surface area contributed by atoms with Crippen molar-refractivity contribution in [3.05, 3.63) is 94.8 Å². The van der Waals surface area contributed by atoms with Gasteiger partial charge in [0.05, 0.1) is 37.8 Å². The fraction of sp³-hybridized carbons (Fsp3) is 0.436. The molecule has 3 aromatic carbocycles. The van der Waals surface area contributed by atoms with Gasteiger partial charge in [-0.15, -0.1) is 0 Å². The molecule has 3 aromatic rings. The van der Waals surface area contributed by atoms with E-state index < -0.39 is 17.5 Å². The highest BCUT2D eigenvalue weighted by Gasteiger charge is 2.47. The lowest BCUT2D eigenvalue weighted by molar-refractivity contribution is -0.122. The van der Waals surface area contributed by atoms with Crippen molar-refractivity contribution in [1.29, 1.82) is 0 Å². The Morgan fingerprint density at radius 3 is 2.35 bits per heavy atom. The monoisotopic (exact) mass is 715 g/mol. The summed E-state index contributed by atoms with van der Waals surface area (Å²) in [4.78, 5) is 60.2. The van der Waals surface area contributed by atoms with Crippen molar-refractivity contribution in [2.24, 2.45) is 0 Å². The van der Waals surface area contributed by atoms with E-state index in [-0.39, 0.29) is 55.4 Å². The van der Waals surface area contributed by atoms with Gasteiger partial charge in [0.25, 0.3) is 0 Å². The summed E-state index contributed by atoms with van der Waals surface area (Å²) >= 11 is 0. The summed E-state index contributed by atoms with van der Waals surface area (Å²) in [6.07, 6.45) is -0.484. The van der Waals surface area contributed by atoms with Gasteiger partial charge < -0.3 is 29.7 Å². The van der Waals surface area contributed by atoms with E-state index in [0.717, 1.165) is 17.7 Å². The third-order valence-electron chi connectivity index (χ3n) is 10.6. The zero-order valence-corrected chi connectivity index (χ0v) is 30.0. The Bertz CT molecular complexity index is 1810. The lowest BCUT2D eigenvalue weighted by atomic mass is 9.83. The van der Waals surface area contributed by atoms with Crippen molar-refractivity contribution in [3.63, 3.8) is 0 Å². The number of hydrogen-bond donors (Lipinski definition) is 2. The Morgan fingerprint density at radius 2 is 1.67 bits per heavy atom. The number of nitrogens with one attached hydrogen (secondary N) is 1. The number of benzene rings is 3. The first kappa shape index (κ1) is 36.9. The normalized spacial score (nSPS) is 23.6. The molecule has 0 spiro atoms. The van der Waals surface area contributed by atoms with Gasteiger partial charge >= 0.3 is 12.1 Å². The SMILES string of the molecule is COC(=O)c1ccc(NC(=O)C2(C)CN(C(=O)CN3CC(C)N(C(=O)O)CC3CN3CCOCC3C)c3cc(Cc4ccc(F)cc4)ccc32)cc1. The number of hydrogen-bond acceptors (Lipinski definition) is 8. The van der Waals surface area contributed by atoms with Gasteiger partial charge in [-0.3, -0.25) is 19.4 Å². The molecule has 3 aliphatic heterocycles. The molecule has 0 aliphatic carbocycles. The van der Waals surface area contributed by atoms with Crippen LogP contribution in [-0.4, -0.2) is 121 Å². The molecular formula is C39H46FN5O7. The van der Waals surface area contributed by atoms with Crippen molar-refractivity contribution in [3.8, 4) is 0 Å². The number of piperazine rings is 1. The average molecular weight is 716 g/mol. The number of morpholine rings is 1. The highest BCUT2D eigenvalue weighted by Crippen LogP contribution is 2.43.